The largest absolute Gasteiger partial charge is 0.346 e. The van der Waals surface area contributed by atoms with E-state index in [0.29, 0.717) is 23.3 Å². The smallest absolute Gasteiger partial charge is 0.257 e. The second kappa shape index (κ2) is 8.86. The van der Waals surface area contributed by atoms with E-state index in [-0.39, 0.29) is 30.3 Å². The molecule has 0 radical (unpaired) electrons. The molecule has 1 aromatic carbocycles. The molecule has 1 amide bonds. The number of carbonyl (C=O) groups is 1. The van der Waals surface area contributed by atoms with Gasteiger partial charge in [-0.25, -0.2) is 0 Å². The van der Waals surface area contributed by atoms with Crippen molar-refractivity contribution >= 4 is 29.9 Å². The minimum Gasteiger partial charge on any atom is -0.346 e. The Morgan fingerprint density at radius 1 is 1.30 bits per heavy atom. The highest BCUT2D eigenvalue weighted by atomic mass is 35.5. The van der Waals surface area contributed by atoms with Gasteiger partial charge < -0.3 is 15.2 Å². The average Bonchev–Trinajstić information content (AvgIpc) is 2.98. The number of hydrogen-bond acceptors (Lipinski definition) is 5. The first-order valence-electron chi connectivity index (χ1n) is 7.05. The molecule has 126 valence electrons. The Morgan fingerprint density at radius 2 is 1.96 bits per heavy atom. The molecular weight excluding hydrogens is 339 g/mol. The third kappa shape index (κ3) is 5.20. The van der Waals surface area contributed by atoms with E-state index < -0.39 is 0 Å². The number of amides is 1. The number of benzene rings is 1. The lowest BCUT2D eigenvalue weighted by molar-refractivity contribution is -0.125. The van der Waals surface area contributed by atoms with E-state index in [1.165, 1.54) is 0 Å². The summed E-state index contributed by atoms with van der Waals surface area (Å²) in [6.45, 7) is 4.29. The Hall–Kier alpha value is -1.63. The van der Waals surface area contributed by atoms with E-state index in [9.17, 15) is 4.79 Å². The molecule has 0 aliphatic carbocycles. The van der Waals surface area contributed by atoms with Gasteiger partial charge in [0.1, 0.15) is 0 Å². The number of halogens is 2. The van der Waals surface area contributed by atoms with Crippen molar-refractivity contribution in [2.24, 2.45) is 5.92 Å². The molecule has 8 heteroatoms. The zero-order valence-corrected chi connectivity index (χ0v) is 14.7. The molecule has 0 saturated carbocycles. The van der Waals surface area contributed by atoms with Crippen molar-refractivity contribution in [3.63, 3.8) is 0 Å². The Labute approximate surface area is 146 Å². The third-order valence-corrected chi connectivity index (χ3v) is 3.49. The Kier molecular flexibility index (Phi) is 7.48. The maximum absolute atomic E-state index is 12.0. The molecular formula is C15H20Cl2N4O2. The minimum atomic E-state index is -0.323. The van der Waals surface area contributed by atoms with Crippen LogP contribution in [0.4, 0.5) is 0 Å². The van der Waals surface area contributed by atoms with Crippen molar-refractivity contribution in [3.05, 3.63) is 35.1 Å². The van der Waals surface area contributed by atoms with Crippen LogP contribution in [0.25, 0.3) is 11.5 Å². The Bertz CT molecular complexity index is 631. The minimum absolute atomic E-state index is 0. The van der Waals surface area contributed by atoms with Crippen molar-refractivity contribution in [1.82, 2.24) is 20.8 Å². The highest BCUT2D eigenvalue weighted by Crippen LogP contribution is 2.21. The van der Waals surface area contributed by atoms with Gasteiger partial charge >= 0.3 is 0 Å². The predicted octanol–water partition coefficient (Wildman–Crippen LogP) is 2.84. The molecule has 2 aromatic rings. The topological polar surface area (TPSA) is 80.0 Å². The fourth-order valence-electron chi connectivity index (χ4n) is 1.94. The monoisotopic (exact) mass is 358 g/mol. The highest BCUT2D eigenvalue weighted by molar-refractivity contribution is 6.30. The summed E-state index contributed by atoms with van der Waals surface area (Å²) in [5.41, 5.74) is 0.783. The van der Waals surface area contributed by atoms with Crippen LogP contribution in [-0.4, -0.2) is 29.6 Å². The van der Waals surface area contributed by atoms with Crippen LogP contribution in [0.2, 0.25) is 5.02 Å². The fourth-order valence-corrected chi connectivity index (χ4v) is 2.07. The van der Waals surface area contributed by atoms with Gasteiger partial charge in [-0.05, 0) is 38.2 Å². The fraction of sp³-hybridized carbons (Fsp3) is 0.400. The number of aromatic nitrogens is 2. The number of nitrogens with zero attached hydrogens (tertiary/aromatic N) is 2. The van der Waals surface area contributed by atoms with Gasteiger partial charge in [-0.2, -0.15) is 4.98 Å². The summed E-state index contributed by atoms with van der Waals surface area (Å²) < 4.78 is 5.23. The first-order valence-corrected chi connectivity index (χ1v) is 7.43. The van der Waals surface area contributed by atoms with Crippen LogP contribution in [0.3, 0.4) is 0 Å². The van der Waals surface area contributed by atoms with Gasteiger partial charge in [-0.3, -0.25) is 4.79 Å². The summed E-state index contributed by atoms with van der Waals surface area (Å²) in [4.78, 5) is 16.3. The Morgan fingerprint density at radius 3 is 2.57 bits per heavy atom. The van der Waals surface area contributed by atoms with Gasteiger partial charge in [0.2, 0.25) is 5.91 Å². The molecule has 2 unspecified atom stereocenters. The summed E-state index contributed by atoms with van der Waals surface area (Å²) in [6.07, 6.45) is 0. The first-order chi connectivity index (χ1) is 10.5. The summed E-state index contributed by atoms with van der Waals surface area (Å²) in [5.74, 6) is 0.653. The van der Waals surface area contributed by atoms with Crippen LogP contribution in [-0.2, 0) is 4.79 Å². The molecule has 0 fully saturated rings. The second-order valence-electron chi connectivity index (χ2n) is 5.15. The summed E-state index contributed by atoms with van der Waals surface area (Å²) >= 11 is 5.85. The molecule has 0 bridgehead atoms. The third-order valence-electron chi connectivity index (χ3n) is 3.24. The molecule has 0 aliphatic rings. The molecule has 2 rings (SSSR count). The number of nitrogens with one attached hydrogen (secondary N) is 2. The number of rotatable bonds is 6. The van der Waals surface area contributed by atoms with E-state index in [2.05, 4.69) is 20.8 Å². The molecule has 1 aromatic heterocycles. The lowest BCUT2D eigenvalue weighted by atomic mass is 10.1. The van der Waals surface area contributed by atoms with E-state index in [1.54, 1.807) is 24.3 Å². The van der Waals surface area contributed by atoms with Crippen LogP contribution >= 0.6 is 24.0 Å². The van der Waals surface area contributed by atoms with Crippen molar-refractivity contribution in [2.45, 2.75) is 19.9 Å². The zero-order chi connectivity index (χ0) is 16.1. The summed E-state index contributed by atoms with van der Waals surface area (Å²) in [5, 5.41) is 10.4. The predicted molar refractivity (Wildman–Crippen MR) is 91.6 cm³/mol. The van der Waals surface area contributed by atoms with Crippen LogP contribution in [0.15, 0.2) is 28.8 Å². The lowest BCUT2D eigenvalue weighted by Gasteiger charge is -2.14. The second-order valence-corrected chi connectivity index (χ2v) is 5.59. The normalized spacial score (nSPS) is 13.0. The van der Waals surface area contributed by atoms with Crippen molar-refractivity contribution in [3.8, 4) is 11.5 Å². The van der Waals surface area contributed by atoms with Crippen LogP contribution in [0.1, 0.15) is 25.7 Å². The van der Waals surface area contributed by atoms with Gasteiger partial charge in [0, 0.05) is 23.0 Å². The van der Waals surface area contributed by atoms with Gasteiger partial charge in [-0.15, -0.1) is 12.4 Å². The molecule has 1 heterocycles. The van der Waals surface area contributed by atoms with E-state index in [1.807, 2.05) is 20.9 Å². The standard InChI is InChI=1S/C15H19ClN4O2.ClH/c1-9(8-17-3)14(21)18-10(2)13-19-15(22-20-13)11-4-6-12(16)7-5-11;/h4-7,9-10,17H,8H2,1-3H3,(H,18,21);1H. The number of carbonyl (C=O) groups excluding carboxylic acids is 1. The molecule has 0 saturated heterocycles. The zero-order valence-electron chi connectivity index (χ0n) is 13.2. The summed E-state index contributed by atoms with van der Waals surface area (Å²) in [7, 11) is 1.81. The van der Waals surface area contributed by atoms with Gasteiger partial charge in [0.05, 0.1) is 6.04 Å². The SMILES string of the molecule is CNCC(C)C(=O)NC(C)c1noc(-c2ccc(Cl)cc2)n1.Cl. The van der Waals surface area contributed by atoms with Crippen molar-refractivity contribution < 1.29 is 9.32 Å². The molecule has 0 aliphatic heterocycles. The van der Waals surface area contributed by atoms with Crippen LogP contribution in [0.5, 0.6) is 0 Å². The van der Waals surface area contributed by atoms with Gasteiger partial charge in [0.25, 0.3) is 5.89 Å². The summed E-state index contributed by atoms with van der Waals surface area (Å²) in [6, 6.07) is 6.79. The molecule has 2 atom stereocenters. The average molecular weight is 359 g/mol. The van der Waals surface area contributed by atoms with Crippen LogP contribution < -0.4 is 10.6 Å². The maximum Gasteiger partial charge on any atom is 0.257 e. The van der Waals surface area contributed by atoms with Gasteiger partial charge in [0.15, 0.2) is 5.82 Å². The van der Waals surface area contributed by atoms with Gasteiger partial charge in [-0.1, -0.05) is 23.7 Å². The van der Waals surface area contributed by atoms with E-state index in [4.69, 9.17) is 16.1 Å². The molecule has 23 heavy (non-hydrogen) atoms. The van der Waals surface area contributed by atoms with E-state index >= 15 is 0 Å². The quantitative estimate of drug-likeness (QED) is 0.829. The van der Waals surface area contributed by atoms with Crippen molar-refractivity contribution in [2.75, 3.05) is 13.6 Å². The van der Waals surface area contributed by atoms with Crippen LogP contribution in [0, 0.1) is 5.92 Å². The Balaban J connectivity index is 0.00000264. The highest BCUT2D eigenvalue weighted by Gasteiger charge is 2.19. The number of hydrogen-bond donors (Lipinski definition) is 2. The molecule has 6 nitrogen and oxygen atoms in total. The van der Waals surface area contributed by atoms with E-state index in [0.717, 1.165) is 5.56 Å². The van der Waals surface area contributed by atoms with Crippen molar-refractivity contribution in [1.29, 1.82) is 0 Å². The molecule has 0 spiro atoms. The lowest BCUT2D eigenvalue weighted by Crippen LogP contribution is -2.36. The maximum atomic E-state index is 12.0. The first kappa shape index (κ1) is 19.4. The molecule has 2 N–H and O–H groups in total.